The van der Waals surface area contributed by atoms with Crippen molar-refractivity contribution in [2.24, 2.45) is 13.0 Å². The van der Waals surface area contributed by atoms with Crippen LogP contribution < -0.4 is 5.32 Å². The minimum Gasteiger partial charge on any atom is -0.321 e. The summed E-state index contributed by atoms with van der Waals surface area (Å²) in [5.74, 6) is 0.202. The molecule has 24 heavy (non-hydrogen) atoms. The van der Waals surface area contributed by atoms with Gasteiger partial charge in [0, 0.05) is 12.7 Å². The molecule has 1 heterocycles. The summed E-state index contributed by atoms with van der Waals surface area (Å²) in [6.45, 7) is 0. The van der Waals surface area contributed by atoms with Gasteiger partial charge in [0.25, 0.3) is 12.3 Å². The van der Waals surface area contributed by atoms with Crippen molar-refractivity contribution in [3.8, 4) is 0 Å². The first-order valence-corrected chi connectivity index (χ1v) is 7.93. The smallest absolute Gasteiger partial charge is 0.280 e. The van der Waals surface area contributed by atoms with Gasteiger partial charge in [-0.1, -0.05) is 30.4 Å². The largest absolute Gasteiger partial charge is 0.321 e. The van der Waals surface area contributed by atoms with Crippen molar-refractivity contribution in [3.05, 3.63) is 53.4 Å². The zero-order chi connectivity index (χ0) is 17.1. The van der Waals surface area contributed by atoms with Crippen molar-refractivity contribution in [2.75, 3.05) is 5.32 Å². The van der Waals surface area contributed by atoms with E-state index in [1.807, 2.05) is 18.2 Å². The number of hydrogen-bond donors (Lipinski definition) is 1. The molecule has 3 rings (SSSR count). The Bertz CT molecular complexity index is 763. The third-order valence-electron chi connectivity index (χ3n) is 4.11. The van der Waals surface area contributed by atoms with E-state index in [2.05, 4.69) is 16.5 Å². The van der Waals surface area contributed by atoms with Crippen LogP contribution in [-0.4, -0.2) is 15.7 Å². The van der Waals surface area contributed by atoms with E-state index in [0.717, 1.165) is 22.6 Å². The predicted molar refractivity (Wildman–Crippen MR) is 88.9 cm³/mol. The first-order valence-electron chi connectivity index (χ1n) is 7.93. The van der Waals surface area contributed by atoms with Gasteiger partial charge < -0.3 is 5.32 Å². The Morgan fingerprint density at radius 3 is 2.88 bits per heavy atom. The summed E-state index contributed by atoms with van der Waals surface area (Å²) in [4.78, 5) is 12.4. The van der Waals surface area contributed by atoms with Crippen LogP contribution in [0.15, 0.2) is 36.5 Å². The van der Waals surface area contributed by atoms with Crippen molar-refractivity contribution < 1.29 is 13.6 Å². The molecule has 0 bridgehead atoms. The molecule has 0 radical (unpaired) electrons. The predicted octanol–water partition coefficient (Wildman–Crippen LogP) is 4.42. The topological polar surface area (TPSA) is 46.9 Å². The van der Waals surface area contributed by atoms with Crippen LogP contribution in [0.5, 0.6) is 0 Å². The number of hydrogen-bond acceptors (Lipinski definition) is 2. The molecule has 4 nitrogen and oxygen atoms in total. The molecule has 0 aliphatic heterocycles. The van der Waals surface area contributed by atoms with Gasteiger partial charge in [0.15, 0.2) is 0 Å². The maximum absolute atomic E-state index is 13.1. The number of alkyl halides is 2. The molecule has 1 aliphatic rings. The van der Waals surface area contributed by atoms with Gasteiger partial charge in [0.2, 0.25) is 0 Å². The second kappa shape index (κ2) is 6.95. The van der Waals surface area contributed by atoms with Crippen molar-refractivity contribution >= 4 is 17.7 Å². The molecule has 1 aromatic heterocycles. The zero-order valence-electron chi connectivity index (χ0n) is 13.4. The Morgan fingerprint density at radius 2 is 2.17 bits per heavy atom. The van der Waals surface area contributed by atoms with Crippen LogP contribution in [0.1, 0.15) is 47.3 Å². The maximum atomic E-state index is 13.1. The van der Waals surface area contributed by atoms with Gasteiger partial charge in [-0.05, 0) is 36.8 Å². The summed E-state index contributed by atoms with van der Waals surface area (Å²) < 4.78 is 27.2. The second-order valence-electron chi connectivity index (χ2n) is 5.99. The first-order chi connectivity index (χ1) is 11.6. The summed E-state index contributed by atoms with van der Waals surface area (Å²) in [7, 11) is 1.40. The number of nitrogens with zero attached hydrogens (tertiary/aromatic N) is 2. The van der Waals surface area contributed by atoms with E-state index in [9.17, 15) is 13.6 Å². The molecule has 126 valence electrons. The summed E-state index contributed by atoms with van der Waals surface area (Å²) >= 11 is 0. The first kappa shape index (κ1) is 16.4. The van der Waals surface area contributed by atoms with E-state index in [0.29, 0.717) is 5.69 Å². The lowest BCUT2D eigenvalue weighted by atomic mass is 10.1. The van der Waals surface area contributed by atoms with Crippen LogP contribution in [-0.2, 0) is 7.05 Å². The van der Waals surface area contributed by atoms with E-state index in [-0.39, 0.29) is 11.3 Å². The number of carbonyl (C=O) groups excluding carboxylic acids is 1. The highest BCUT2D eigenvalue weighted by Crippen LogP contribution is 2.33. The van der Waals surface area contributed by atoms with Crippen molar-refractivity contribution in [1.82, 2.24) is 9.78 Å². The highest BCUT2D eigenvalue weighted by Gasteiger charge is 2.23. The molecule has 1 aliphatic carbocycles. The van der Waals surface area contributed by atoms with Gasteiger partial charge in [0.1, 0.15) is 5.69 Å². The SMILES string of the molecule is Cn1ncc(C(=O)Nc2ccccc2/C=C/CC2CC2)c1C(F)F. The van der Waals surface area contributed by atoms with Gasteiger partial charge in [-0.25, -0.2) is 8.78 Å². The summed E-state index contributed by atoms with van der Waals surface area (Å²) in [5.41, 5.74) is 0.964. The normalized spacial score (nSPS) is 14.5. The standard InChI is InChI=1S/C18H19F2N3O/c1-23-16(17(19)20)14(11-21-23)18(24)22-15-8-3-2-6-13(15)7-4-5-12-9-10-12/h2-4,6-8,11-12,17H,5,9-10H2,1H3,(H,22,24)/b7-4+. The minimum atomic E-state index is -2.76. The van der Waals surface area contributed by atoms with E-state index >= 15 is 0 Å². The van der Waals surface area contributed by atoms with E-state index in [1.165, 1.54) is 26.1 Å². The third kappa shape index (κ3) is 3.69. The monoisotopic (exact) mass is 331 g/mol. The number of anilines is 1. The van der Waals surface area contributed by atoms with Gasteiger partial charge in [0.05, 0.1) is 11.8 Å². The average molecular weight is 331 g/mol. The highest BCUT2D eigenvalue weighted by molar-refractivity contribution is 6.05. The number of halogens is 2. The number of allylic oxidation sites excluding steroid dienone is 1. The van der Waals surface area contributed by atoms with E-state index < -0.39 is 12.3 Å². The molecular weight excluding hydrogens is 312 g/mol. The quantitative estimate of drug-likeness (QED) is 0.851. The number of aryl methyl sites for hydroxylation is 1. The Kier molecular flexibility index (Phi) is 4.74. The van der Waals surface area contributed by atoms with Crippen LogP contribution in [0.2, 0.25) is 0 Å². The van der Waals surface area contributed by atoms with Crippen molar-refractivity contribution in [3.63, 3.8) is 0 Å². The molecule has 6 heteroatoms. The number of nitrogens with one attached hydrogen (secondary N) is 1. The van der Waals surface area contributed by atoms with Crippen molar-refractivity contribution in [1.29, 1.82) is 0 Å². The number of rotatable bonds is 6. The van der Waals surface area contributed by atoms with Crippen LogP contribution in [0.3, 0.4) is 0 Å². The summed E-state index contributed by atoms with van der Waals surface area (Å²) in [6, 6.07) is 7.32. The fraction of sp³-hybridized carbons (Fsp3) is 0.333. The lowest BCUT2D eigenvalue weighted by Crippen LogP contribution is -2.15. The lowest BCUT2D eigenvalue weighted by Gasteiger charge is -2.09. The number of carbonyl (C=O) groups is 1. The average Bonchev–Trinajstić information content (AvgIpc) is 3.28. The minimum absolute atomic E-state index is 0.107. The second-order valence-corrected chi connectivity index (χ2v) is 5.99. The Morgan fingerprint density at radius 1 is 1.42 bits per heavy atom. The van der Waals surface area contributed by atoms with Gasteiger partial charge in [-0.2, -0.15) is 5.10 Å². The van der Waals surface area contributed by atoms with Crippen LogP contribution in [0, 0.1) is 5.92 Å². The zero-order valence-corrected chi connectivity index (χ0v) is 13.4. The number of para-hydroxylation sites is 1. The molecule has 1 saturated carbocycles. The van der Waals surface area contributed by atoms with Crippen LogP contribution >= 0.6 is 0 Å². The lowest BCUT2D eigenvalue weighted by molar-refractivity contribution is 0.100. The molecular formula is C18H19F2N3O. The molecule has 0 atom stereocenters. The fourth-order valence-electron chi connectivity index (χ4n) is 2.57. The number of amides is 1. The molecule has 0 saturated heterocycles. The number of aromatic nitrogens is 2. The van der Waals surface area contributed by atoms with Crippen LogP contribution in [0.25, 0.3) is 6.08 Å². The molecule has 0 spiro atoms. The molecule has 1 fully saturated rings. The molecule has 2 aromatic rings. The Labute approximate surface area is 139 Å². The van der Waals surface area contributed by atoms with Gasteiger partial charge >= 0.3 is 0 Å². The summed E-state index contributed by atoms with van der Waals surface area (Å²) in [6.07, 6.45) is 6.05. The number of benzene rings is 1. The van der Waals surface area contributed by atoms with Gasteiger partial charge in [-0.3, -0.25) is 9.48 Å². The van der Waals surface area contributed by atoms with Crippen LogP contribution in [0.4, 0.5) is 14.5 Å². The maximum Gasteiger partial charge on any atom is 0.280 e. The molecule has 1 amide bonds. The Balaban J connectivity index is 1.78. The fourth-order valence-corrected chi connectivity index (χ4v) is 2.57. The van der Waals surface area contributed by atoms with Gasteiger partial charge in [-0.15, -0.1) is 0 Å². The molecule has 1 N–H and O–H groups in total. The van der Waals surface area contributed by atoms with E-state index in [4.69, 9.17) is 0 Å². The molecule has 1 aromatic carbocycles. The van der Waals surface area contributed by atoms with Crippen molar-refractivity contribution in [2.45, 2.75) is 25.7 Å². The third-order valence-corrected chi connectivity index (χ3v) is 4.11. The Hall–Kier alpha value is -2.50. The van der Waals surface area contributed by atoms with E-state index in [1.54, 1.807) is 12.1 Å². The summed E-state index contributed by atoms with van der Waals surface area (Å²) in [5, 5.41) is 6.47. The molecule has 0 unspecified atom stereocenters. The highest BCUT2D eigenvalue weighted by atomic mass is 19.3.